The predicted octanol–water partition coefficient (Wildman–Crippen LogP) is -0.0155. The van der Waals surface area contributed by atoms with Crippen LogP contribution >= 0.6 is 0 Å². The summed E-state index contributed by atoms with van der Waals surface area (Å²) in [4.78, 5) is 11.9. The maximum Gasteiger partial charge on any atom is 0.251 e. The molecular formula is C13H16FNO4. The highest BCUT2D eigenvalue weighted by Crippen LogP contribution is 2.12. The fourth-order valence-electron chi connectivity index (χ4n) is 1.95. The summed E-state index contributed by atoms with van der Waals surface area (Å²) in [6.45, 7) is 1.74. The van der Waals surface area contributed by atoms with Crippen LogP contribution in [0.15, 0.2) is 18.2 Å². The summed E-state index contributed by atoms with van der Waals surface area (Å²) < 4.78 is 18.2. The minimum absolute atomic E-state index is 0.0448. The molecule has 0 aliphatic carbocycles. The van der Waals surface area contributed by atoms with Crippen molar-refractivity contribution in [2.45, 2.75) is 25.2 Å². The fraction of sp³-hybridized carbons (Fsp3) is 0.462. The summed E-state index contributed by atoms with van der Waals surface area (Å²) in [7, 11) is 0. The Morgan fingerprint density at radius 1 is 1.42 bits per heavy atom. The second-order valence-electron chi connectivity index (χ2n) is 4.64. The molecule has 19 heavy (non-hydrogen) atoms. The molecule has 3 N–H and O–H groups in total. The summed E-state index contributed by atoms with van der Waals surface area (Å²) in [5, 5.41) is 21.7. The maximum atomic E-state index is 13.1. The van der Waals surface area contributed by atoms with Crippen molar-refractivity contribution in [3.63, 3.8) is 0 Å². The molecule has 1 aromatic carbocycles. The molecule has 1 amide bonds. The minimum atomic E-state index is -1.07. The van der Waals surface area contributed by atoms with Crippen LogP contribution in [-0.2, 0) is 4.74 Å². The molecule has 1 aliphatic heterocycles. The monoisotopic (exact) mass is 269 g/mol. The van der Waals surface area contributed by atoms with Gasteiger partial charge in [0, 0.05) is 5.56 Å². The van der Waals surface area contributed by atoms with Crippen LogP contribution in [0.1, 0.15) is 15.9 Å². The van der Waals surface area contributed by atoms with Gasteiger partial charge < -0.3 is 20.3 Å². The average molecular weight is 269 g/mol. The molecule has 0 unspecified atom stereocenters. The lowest BCUT2D eigenvalue weighted by molar-refractivity contribution is -0.102. The second-order valence-corrected chi connectivity index (χ2v) is 4.64. The third-order valence-corrected chi connectivity index (χ3v) is 3.13. The lowest BCUT2D eigenvalue weighted by Crippen LogP contribution is -2.55. The first-order valence-corrected chi connectivity index (χ1v) is 6.00. The molecule has 104 valence electrons. The van der Waals surface area contributed by atoms with Crippen LogP contribution < -0.4 is 5.32 Å². The van der Waals surface area contributed by atoms with E-state index in [2.05, 4.69) is 5.32 Å². The van der Waals surface area contributed by atoms with Crippen molar-refractivity contribution in [1.82, 2.24) is 5.32 Å². The zero-order valence-electron chi connectivity index (χ0n) is 10.5. The fourth-order valence-corrected chi connectivity index (χ4v) is 1.95. The summed E-state index contributed by atoms with van der Waals surface area (Å²) in [5.74, 6) is -0.821. The van der Waals surface area contributed by atoms with E-state index in [1.54, 1.807) is 6.92 Å². The molecule has 0 radical (unpaired) electrons. The van der Waals surface area contributed by atoms with Crippen molar-refractivity contribution >= 4 is 5.91 Å². The molecule has 3 atom stereocenters. The maximum absolute atomic E-state index is 13.1. The van der Waals surface area contributed by atoms with Crippen LogP contribution in [0.5, 0.6) is 0 Å². The number of hydrogen-bond acceptors (Lipinski definition) is 4. The van der Waals surface area contributed by atoms with Crippen molar-refractivity contribution in [2.75, 3.05) is 13.2 Å². The molecule has 1 heterocycles. The van der Waals surface area contributed by atoms with E-state index in [0.717, 1.165) is 0 Å². The molecule has 0 spiro atoms. The van der Waals surface area contributed by atoms with Gasteiger partial charge in [0.25, 0.3) is 5.91 Å². The van der Waals surface area contributed by atoms with E-state index in [4.69, 9.17) is 4.74 Å². The van der Waals surface area contributed by atoms with E-state index in [9.17, 15) is 19.4 Å². The van der Waals surface area contributed by atoms with Gasteiger partial charge in [0.05, 0.1) is 19.3 Å². The van der Waals surface area contributed by atoms with Crippen molar-refractivity contribution in [1.29, 1.82) is 0 Å². The topological polar surface area (TPSA) is 78.8 Å². The lowest BCUT2D eigenvalue weighted by atomic mass is 10.0. The van der Waals surface area contributed by atoms with Gasteiger partial charge in [-0.3, -0.25) is 4.79 Å². The Balaban J connectivity index is 2.06. The molecule has 0 bridgehead atoms. The van der Waals surface area contributed by atoms with Crippen LogP contribution in [0.4, 0.5) is 4.39 Å². The molecular weight excluding hydrogens is 253 g/mol. The number of ether oxygens (including phenoxy) is 1. The number of aliphatic hydroxyl groups excluding tert-OH is 2. The number of carbonyl (C=O) groups is 1. The number of benzene rings is 1. The molecule has 1 saturated heterocycles. The predicted molar refractivity (Wildman–Crippen MR) is 65.2 cm³/mol. The Labute approximate surface area is 110 Å². The van der Waals surface area contributed by atoms with Crippen molar-refractivity contribution in [3.8, 4) is 0 Å². The number of carbonyl (C=O) groups excluding carboxylic acids is 1. The molecule has 1 aromatic rings. The molecule has 0 saturated carbocycles. The zero-order valence-corrected chi connectivity index (χ0v) is 10.5. The van der Waals surface area contributed by atoms with Gasteiger partial charge in [-0.1, -0.05) is 0 Å². The van der Waals surface area contributed by atoms with E-state index in [-0.39, 0.29) is 19.0 Å². The number of nitrogens with one attached hydrogen (secondary N) is 1. The van der Waals surface area contributed by atoms with Gasteiger partial charge >= 0.3 is 0 Å². The summed E-state index contributed by atoms with van der Waals surface area (Å²) in [6, 6.07) is 3.33. The Hall–Kier alpha value is -1.50. The number of aliphatic hydroxyl groups is 2. The Morgan fingerprint density at radius 3 is 2.84 bits per heavy atom. The highest BCUT2D eigenvalue weighted by atomic mass is 19.1. The second kappa shape index (κ2) is 5.64. The van der Waals surface area contributed by atoms with E-state index in [1.807, 2.05) is 0 Å². The third kappa shape index (κ3) is 3.09. The van der Waals surface area contributed by atoms with Gasteiger partial charge in [0.15, 0.2) is 0 Å². The quantitative estimate of drug-likeness (QED) is 0.705. The van der Waals surface area contributed by atoms with Crippen LogP contribution in [0.2, 0.25) is 0 Å². The number of halogens is 1. The molecule has 5 nitrogen and oxygen atoms in total. The van der Waals surface area contributed by atoms with Crippen molar-refractivity contribution < 1.29 is 24.1 Å². The van der Waals surface area contributed by atoms with Crippen LogP contribution in [0, 0.1) is 12.7 Å². The van der Waals surface area contributed by atoms with Crippen LogP contribution in [0.25, 0.3) is 0 Å². The van der Waals surface area contributed by atoms with Gasteiger partial charge in [-0.15, -0.1) is 0 Å². The first-order valence-electron chi connectivity index (χ1n) is 6.00. The van der Waals surface area contributed by atoms with Crippen molar-refractivity contribution in [2.24, 2.45) is 0 Å². The number of hydrogen-bond donors (Lipinski definition) is 3. The molecule has 2 rings (SSSR count). The van der Waals surface area contributed by atoms with E-state index in [0.29, 0.717) is 11.1 Å². The Morgan fingerprint density at radius 2 is 2.16 bits per heavy atom. The smallest absolute Gasteiger partial charge is 0.251 e. The van der Waals surface area contributed by atoms with Gasteiger partial charge in [-0.25, -0.2) is 4.39 Å². The van der Waals surface area contributed by atoms with E-state index < -0.39 is 24.2 Å². The Bertz CT molecular complexity index is 480. The number of rotatable bonds is 2. The van der Waals surface area contributed by atoms with E-state index >= 15 is 0 Å². The summed E-state index contributed by atoms with van der Waals surface area (Å²) >= 11 is 0. The summed E-state index contributed by atoms with van der Waals surface area (Å²) in [6.07, 6.45) is -2.09. The normalized spacial score (nSPS) is 27.1. The van der Waals surface area contributed by atoms with E-state index in [1.165, 1.54) is 18.2 Å². The SMILES string of the molecule is Cc1cc(C(=O)N[C@@H]2COC[C@@H](O)[C@H]2O)ccc1F. The van der Waals surface area contributed by atoms with Gasteiger partial charge in [-0.05, 0) is 30.7 Å². The standard InChI is InChI=1S/C13H16FNO4/c1-7-4-8(2-3-9(7)14)13(18)15-10-5-19-6-11(16)12(10)17/h2-4,10-12,16-17H,5-6H2,1H3,(H,15,18)/t10-,11-,12+/m1/s1. The Kier molecular flexibility index (Phi) is 4.14. The highest BCUT2D eigenvalue weighted by molar-refractivity contribution is 5.94. The zero-order chi connectivity index (χ0) is 14.0. The lowest BCUT2D eigenvalue weighted by Gasteiger charge is -2.32. The summed E-state index contributed by atoms with van der Waals surface area (Å²) in [5.41, 5.74) is 0.666. The molecule has 1 fully saturated rings. The van der Waals surface area contributed by atoms with Crippen LogP contribution in [-0.4, -0.2) is 47.6 Å². The minimum Gasteiger partial charge on any atom is -0.388 e. The van der Waals surface area contributed by atoms with Crippen molar-refractivity contribution in [3.05, 3.63) is 35.1 Å². The van der Waals surface area contributed by atoms with Gasteiger partial charge in [0.2, 0.25) is 0 Å². The first kappa shape index (κ1) is 13.9. The highest BCUT2D eigenvalue weighted by Gasteiger charge is 2.32. The molecule has 6 heteroatoms. The van der Waals surface area contributed by atoms with Gasteiger partial charge in [0.1, 0.15) is 18.0 Å². The average Bonchev–Trinajstić information content (AvgIpc) is 2.38. The molecule has 0 aromatic heterocycles. The number of aryl methyl sites for hydroxylation is 1. The van der Waals surface area contributed by atoms with Gasteiger partial charge in [-0.2, -0.15) is 0 Å². The first-order chi connectivity index (χ1) is 8.99. The third-order valence-electron chi connectivity index (χ3n) is 3.13. The number of amides is 1. The largest absolute Gasteiger partial charge is 0.388 e. The van der Waals surface area contributed by atoms with Crippen LogP contribution in [0.3, 0.4) is 0 Å². The molecule has 1 aliphatic rings.